The molecule has 0 bridgehead atoms. The summed E-state index contributed by atoms with van der Waals surface area (Å²) in [6.45, 7) is 2.38. The van der Waals surface area contributed by atoms with Gasteiger partial charge in [0.15, 0.2) is 28.9 Å². The molecule has 3 heterocycles. The monoisotopic (exact) mass is 874 g/mol. The second-order valence-corrected chi connectivity index (χ2v) is 17.2. The first-order chi connectivity index (χ1) is 28.6. The van der Waals surface area contributed by atoms with E-state index in [9.17, 15) is 59.7 Å². The number of ketones is 4. The van der Waals surface area contributed by atoms with Crippen LogP contribution >= 0.6 is 11.8 Å². The standard InChI is InChI=1S/C40H42O20S/c1-15-39(53)33(50)25-19(7-5-9-21(25)41)31(48)37(39,13-17(57-15)11-23(43)55-3)61-38-14-18(12-24(44)59-36-29(47)27(45)28(46)30(60-36)35(52)56-4)58-16(2)40(38,54)34(51)26-20(32(38)49)8-6-10-22(26)42/h5-10,15-18,27-30,36,41-42,45-47,53-54H,11-14H2,1-4H3/t15-,16+,17+,18+,27-,28-,29+,30-,36+,37+,38+,39+,40-/m1/s1. The van der Waals surface area contributed by atoms with Crippen molar-refractivity contribution in [1.29, 1.82) is 0 Å². The van der Waals surface area contributed by atoms with Crippen molar-refractivity contribution in [3.8, 4) is 11.5 Å². The maximum atomic E-state index is 15.3. The van der Waals surface area contributed by atoms with Gasteiger partial charge in [-0.1, -0.05) is 24.3 Å². The van der Waals surface area contributed by atoms with Gasteiger partial charge in [-0.25, -0.2) is 4.79 Å². The van der Waals surface area contributed by atoms with Crippen LogP contribution in [0.25, 0.3) is 0 Å². The predicted molar refractivity (Wildman–Crippen MR) is 200 cm³/mol. The van der Waals surface area contributed by atoms with Crippen molar-refractivity contribution in [2.75, 3.05) is 14.2 Å². The Morgan fingerprint density at radius 2 is 1.13 bits per heavy atom. The number of esters is 3. The van der Waals surface area contributed by atoms with Gasteiger partial charge in [0.2, 0.25) is 17.9 Å². The number of benzene rings is 2. The van der Waals surface area contributed by atoms with Crippen molar-refractivity contribution in [1.82, 2.24) is 0 Å². The zero-order chi connectivity index (χ0) is 44.7. The third kappa shape index (κ3) is 6.31. The van der Waals surface area contributed by atoms with Gasteiger partial charge in [0.1, 0.15) is 39.3 Å². The number of phenolic OH excluding ortho intramolecular Hbond substituents is 2. The van der Waals surface area contributed by atoms with E-state index >= 15 is 9.59 Å². The van der Waals surface area contributed by atoms with Gasteiger partial charge >= 0.3 is 17.9 Å². The van der Waals surface area contributed by atoms with E-state index in [0.29, 0.717) is 0 Å². The number of hydrogen-bond donors (Lipinski definition) is 7. The molecule has 0 radical (unpaired) electrons. The van der Waals surface area contributed by atoms with Crippen molar-refractivity contribution >= 4 is 52.8 Å². The fraction of sp³-hybridized carbons (Fsp3) is 0.525. The van der Waals surface area contributed by atoms with E-state index in [2.05, 4.69) is 4.74 Å². The van der Waals surface area contributed by atoms with Crippen molar-refractivity contribution in [3.63, 3.8) is 0 Å². The van der Waals surface area contributed by atoms with Crippen molar-refractivity contribution in [2.24, 2.45) is 0 Å². The van der Waals surface area contributed by atoms with E-state index < -0.39 is 176 Å². The average molecular weight is 875 g/mol. The Morgan fingerprint density at radius 1 is 0.672 bits per heavy atom. The number of aliphatic hydroxyl groups is 5. The molecule has 0 spiro atoms. The SMILES string of the molecule is COC(=O)C[C@H]1C[C@]2(S[C@]34C[C@H](CC(=O)O[C@H]5O[C@@H](C(=O)OC)[C@H](O)[C@@H](O)[C@@H]5O)O[C@@H](C)[C@@]3(O)C(=O)c3c(O)cccc3C4=O)C(=O)c3cccc(O)c3C(=O)[C@@]2(O)[C@@H](C)O1. The second kappa shape index (κ2) is 15.5. The molecule has 0 saturated carbocycles. The Bertz CT molecular complexity index is 2230. The molecular formula is C40H42O20S. The maximum Gasteiger partial charge on any atom is 0.337 e. The molecule has 2 aromatic carbocycles. The molecule has 7 N–H and O–H groups in total. The zero-order valence-electron chi connectivity index (χ0n) is 32.8. The summed E-state index contributed by atoms with van der Waals surface area (Å²) < 4.78 is 26.5. The first-order valence-corrected chi connectivity index (χ1v) is 19.8. The number of fused-ring (bicyclic) bond motifs is 4. The van der Waals surface area contributed by atoms with Crippen LogP contribution in [0.5, 0.6) is 11.5 Å². The number of Topliss-reactive ketones (excluding diaryl/α,β-unsaturated/α-hetero) is 4. The lowest BCUT2D eigenvalue weighted by Gasteiger charge is -2.61. The van der Waals surface area contributed by atoms with Crippen molar-refractivity contribution in [3.05, 3.63) is 58.7 Å². The number of rotatable bonds is 8. The number of ether oxygens (including phenoxy) is 6. The number of thioether (sulfide) groups is 1. The summed E-state index contributed by atoms with van der Waals surface area (Å²) in [5.74, 6) is -9.33. The van der Waals surface area contributed by atoms with Crippen LogP contribution in [0, 0.1) is 0 Å². The van der Waals surface area contributed by atoms with Crippen LogP contribution in [0.4, 0.5) is 0 Å². The van der Waals surface area contributed by atoms with Crippen LogP contribution in [0.1, 0.15) is 81.0 Å². The number of methoxy groups -OCH3 is 2. The largest absolute Gasteiger partial charge is 0.507 e. The molecule has 7 rings (SSSR count). The maximum absolute atomic E-state index is 15.3. The van der Waals surface area contributed by atoms with E-state index in [-0.39, 0.29) is 11.8 Å². The third-order valence-corrected chi connectivity index (χ3v) is 14.3. The lowest BCUT2D eigenvalue weighted by molar-refractivity contribution is -0.287. The molecule has 5 aliphatic rings. The first-order valence-electron chi connectivity index (χ1n) is 19.0. The third-order valence-electron chi connectivity index (χ3n) is 12.3. The minimum atomic E-state index is -3.06. The summed E-state index contributed by atoms with van der Waals surface area (Å²) in [7, 11) is 2.03. The van der Waals surface area contributed by atoms with Crippen LogP contribution in [-0.2, 0) is 42.8 Å². The number of carbonyl (C=O) groups excluding carboxylic acids is 7. The number of hydrogen-bond acceptors (Lipinski definition) is 21. The fourth-order valence-corrected chi connectivity index (χ4v) is 11.6. The summed E-state index contributed by atoms with van der Waals surface area (Å²) in [5.41, 5.74) is -8.11. The summed E-state index contributed by atoms with van der Waals surface area (Å²) >= 11 is 0.239. The molecule has 0 aromatic heterocycles. The van der Waals surface area contributed by atoms with Gasteiger partial charge in [0.25, 0.3) is 0 Å². The van der Waals surface area contributed by atoms with E-state index in [1.165, 1.54) is 25.1 Å². The van der Waals surface area contributed by atoms with Crippen molar-refractivity contribution in [2.45, 2.75) is 115 Å². The smallest absolute Gasteiger partial charge is 0.337 e. The van der Waals surface area contributed by atoms with Gasteiger partial charge < -0.3 is 64.2 Å². The van der Waals surface area contributed by atoms with E-state index in [0.717, 1.165) is 39.3 Å². The Kier molecular flexibility index (Phi) is 11.2. The number of aliphatic hydroxyl groups excluding tert-OH is 3. The highest BCUT2D eigenvalue weighted by atomic mass is 32.2. The summed E-state index contributed by atoms with van der Waals surface area (Å²) in [5, 5.41) is 78.8. The molecule has 0 unspecified atom stereocenters. The highest BCUT2D eigenvalue weighted by Crippen LogP contribution is 2.64. The molecular weight excluding hydrogens is 832 g/mol. The molecule has 61 heavy (non-hydrogen) atoms. The number of aromatic hydroxyl groups is 2. The second-order valence-electron chi connectivity index (χ2n) is 15.6. The Morgan fingerprint density at radius 3 is 1.57 bits per heavy atom. The van der Waals surface area contributed by atoms with E-state index in [1.54, 1.807) is 0 Å². The van der Waals surface area contributed by atoms with E-state index in [1.807, 2.05) is 0 Å². The topological polar surface area (TPSA) is 316 Å². The average Bonchev–Trinajstić information content (AvgIpc) is 3.21. The quantitative estimate of drug-likeness (QED) is 0.124. The molecule has 0 amide bonds. The van der Waals surface area contributed by atoms with Gasteiger partial charge in [0, 0.05) is 11.1 Å². The van der Waals surface area contributed by atoms with Crippen LogP contribution in [0.15, 0.2) is 36.4 Å². The Labute approximate surface area is 349 Å². The van der Waals surface area contributed by atoms with Gasteiger partial charge in [-0.15, -0.1) is 11.8 Å². The number of carbonyl (C=O) groups is 7. The summed E-state index contributed by atoms with van der Waals surface area (Å²) in [4.78, 5) is 98.5. The Hall–Kier alpha value is -4.84. The van der Waals surface area contributed by atoms with Crippen LogP contribution in [0.3, 0.4) is 0 Å². The lowest BCUT2D eigenvalue weighted by Crippen LogP contribution is -2.79. The molecule has 3 saturated heterocycles. The first kappa shape index (κ1) is 44.2. The Balaban J connectivity index is 1.37. The molecule has 20 nitrogen and oxygen atoms in total. The molecule has 328 valence electrons. The molecule has 2 aromatic rings. The number of phenols is 2. The lowest BCUT2D eigenvalue weighted by atomic mass is 9.63. The van der Waals surface area contributed by atoms with Gasteiger partial charge in [-0.2, -0.15) is 0 Å². The highest BCUT2D eigenvalue weighted by molar-refractivity contribution is 8.03. The normalized spacial score (nSPS) is 38.0. The van der Waals surface area contributed by atoms with E-state index in [4.69, 9.17) is 23.7 Å². The summed E-state index contributed by atoms with van der Waals surface area (Å²) in [6, 6.07) is 7.02. The van der Waals surface area contributed by atoms with Gasteiger partial charge in [-0.3, -0.25) is 28.8 Å². The molecule has 3 fully saturated rings. The molecule has 3 aliphatic heterocycles. The zero-order valence-corrected chi connectivity index (χ0v) is 33.7. The van der Waals surface area contributed by atoms with Crippen LogP contribution in [0.2, 0.25) is 0 Å². The minimum Gasteiger partial charge on any atom is -0.507 e. The van der Waals surface area contributed by atoms with Crippen LogP contribution < -0.4 is 0 Å². The molecule has 13 atom stereocenters. The fourth-order valence-electron chi connectivity index (χ4n) is 9.26. The van der Waals surface area contributed by atoms with Crippen molar-refractivity contribution < 1.29 is 97.7 Å². The minimum absolute atomic E-state index is 0.239. The molecule has 2 aliphatic carbocycles. The predicted octanol–water partition coefficient (Wildman–Crippen LogP) is -0.939. The van der Waals surface area contributed by atoms with Crippen LogP contribution in [-0.4, -0.2) is 167 Å². The molecule has 21 heteroatoms. The van der Waals surface area contributed by atoms with Gasteiger partial charge in [-0.05, 0) is 38.8 Å². The van der Waals surface area contributed by atoms with Gasteiger partial charge in [0.05, 0.1) is 62.6 Å². The highest BCUT2D eigenvalue weighted by Gasteiger charge is 2.78. The summed E-state index contributed by atoms with van der Waals surface area (Å²) in [6.07, 6.45) is -19.5.